The van der Waals surface area contributed by atoms with E-state index in [-0.39, 0.29) is 17.9 Å². The Labute approximate surface area is 136 Å². The van der Waals surface area contributed by atoms with Crippen molar-refractivity contribution in [3.05, 3.63) is 42.7 Å². The summed E-state index contributed by atoms with van der Waals surface area (Å²) in [5.74, 6) is 1.56. The summed E-state index contributed by atoms with van der Waals surface area (Å²) < 4.78 is 13.2. The minimum Gasteiger partial charge on any atom is -0.490 e. The van der Waals surface area contributed by atoms with Gasteiger partial charge in [0.15, 0.2) is 11.5 Å². The molecule has 1 amide bonds. The number of aromatic nitrogens is 1. The summed E-state index contributed by atoms with van der Waals surface area (Å²) in [6.07, 6.45) is 4.69. The summed E-state index contributed by atoms with van der Waals surface area (Å²) in [5, 5.41) is 2.99. The molecule has 5 heteroatoms. The molecule has 0 aliphatic carbocycles. The first kappa shape index (κ1) is 15.5. The molecule has 0 bridgehead atoms. The van der Waals surface area contributed by atoms with Gasteiger partial charge in [0.2, 0.25) is 5.91 Å². The lowest BCUT2D eigenvalue weighted by Crippen LogP contribution is -2.29. The fraction of sp³-hybridized carbons (Fsp3) is 0.389. The fourth-order valence-electron chi connectivity index (χ4n) is 2.77. The molecule has 122 valence electrons. The van der Waals surface area contributed by atoms with Gasteiger partial charge in [-0.15, -0.1) is 0 Å². The van der Waals surface area contributed by atoms with E-state index in [2.05, 4.69) is 5.32 Å². The van der Waals surface area contributed by atoms with Crippen LogP contribution in [0.1, 0.15) is 26.3 Å². The van der Waals surface area contributed by atoms with Crippen LogP contribution < -0.4 is 14.8 Å². The molecule has 0 saturated carbocycles. The largest absolute Gasteiger partial charge is 0.490 e. The van der Waals surface area contributed by atoms with E-state index in [9.17, 15) is 4.79 Å². The van der Waals surface area contributed by atoms with Crippen LogP contribution in [0.5, 0.6) is 11.5 Å². The van der Waals surface area contributed by atoms with Crippen LogP contribution in [0, 0.1) is 5.92 Å². The molecule has 1 aliphatic heterocycles. The highest BCUT2D eigenvalue weighted by atomic mass is 16.5. The number of carbonyl (C=O) groups is 1. The monoisotopic (exact) mass is 314 g/mol. The van der Waals surface area contributed by atoms with E-state index in [0.29, 0.717) is 19.0 Å². The van der Waals surface area contributed by atoms with E-state index in [0.717, 1.165) is 17.9 Å². The smallest absolute Gasteiger partial charge is 0.247 e. The second kappa shape index (κ2) is 6.77. The van der Waals surface area contributed by atoms with Gasteiger partial charge in [-0.25, -0.2) is 0 Å². The van der Waals surface area contributed by atoms with Crippen LogP contribution in [0.3, 0.4) is 0 Å². The van der Waals surface area contributed by atoms with E-state index >= 15 is 0 Å². The van der Waals surface area contributed by atoms with Gasteiger partial charge in [-0.3, -0.25) is 4.79 Å². The molecular formula is C18H22N2O3. The van der Waals surface area contributed by atoms with Crippen molar-refractivity contribution >= 4 is 11.6 Å². The molecule has 1 N–H and O–H groups in total. The topological polar surface area (TPSA) is 52.5 Å². The molecule has 0 unspecified atom stereocenters. The molecule has 1 aromatic heterocycles. The number of benzene rings is 1. The number of amides is 1. The lowest BCUT2D eigenvalue weighted by Gasteiger charge is -2.22. The van der Waals surface area contributed by atoms with Crippen molar-refractivity contribution in [2.45, 2.75) is 26.3 Å². The van der Waals surface area contributed by atoms with Gasteiger partial charge in [-0.2, -0.15) is 0 Å². The van der Waals surface area contributed by atoms with Gasteiger partial charge in [-0.05, 0) is 30.2 Å². The highest BCUT2D eigenvalue weighted by molar-refractivity contribution is 5.94. The van der Waals surface area contributed by atoms with Gasteiger partial charge in [-0.1, -0.05) is 13.8 Å². The van der Waals surface area contributed by atoms with Gasteiger partial charge < -0.3 is 19.4 Å². The van der Waals surface area contributed by atoms with Gasteiger partial charge in [0, 0.05) is 30.6 Å². The Morgan fingerprint density at radius 1 is 1.13 bits per heavy atom. The van der Waals surface area contributed by atoms with Crippen molar-refractivity contribution in [3.63, 3.8) is 0 Å². The zero-order chi connectivity index (χ0) is 16.2. The van der Waals surface area contributed by atoms with Crippen molar-refractivity contribution in [2.75, 3.05) is 18.5 Å². The van der Waals surface area contributed by atoms with Crippen LogP contribution in [-0.2, 0) is 4.79 Å². The fourth-order valence-corrected chi connectivity index (χ4v) is 2.77. The molecular weight excluding hydrogens is 292 g/mol. The highest BCUT2D eigenvalue weighted by Crippen LogP contribution is 2.32. The summed E-state index contributed by atoms with van der Waals surface area (Å²) in [6.45, 7) is 5.36. The highest BCUT2D eigenvalue weighted by Gasteiger charge is 2.23. The number of carbonyl (C=O) groups excluding carboxylic acids is 1. The van der Waals surface area contributed by atoms with Crippen LogP contribution in [0.15, 0.2) is 42.7 Å². The molecule has 0 fully saturated rings. The molecule has 5 nitrogen and oxygen atoms in total. The lowest BCUT2D eigenvalue weighted by atomic mass is 10.0. The predicted molar refractivity (Wildman–Crippen MR) is 89.0 cm³/mol. The first-order valence-electron chi connectivity index (χ1n) is 7.98. The first-order chi connectivity index (χ1) is 11.1. The van der Waals surface area contributed by atoms with Crippen LogP contribution in [-0.4, -0.2) is 23.7 Å². The van der Waals surface area contributed by atoms with Crippen LogP contribution >= 0.6 is 0 Å². The Morgan fingerprint density at radius 3 is 2.52 bits per heavy atom. The van der Waals surface area contributed by atoms with Crippen molar-refractivity contribution in [2.24, 2.45) is 5.92 Å². The van der Waals surface area contributed by atoms with Crippen LogP contribution in [0.4, 0.5) is 5.69 Å². The molecule has 1 atom stereocenters. The lowest BCUT2D eigenvalue weighted by molar-refractivity contribution is -0.120. The van der Waals surface area contributed by atoms with E-state index in [1.54, 1.807) is 0 Å². The molecule has 3 rings (SSSR count). The second-order valence-electron chi connectivity index (χ2n) is 6.02. The zero-order valence-corrected chi connectivity index (χ0v) is 13.5. The summed E-state index contributed by atoms with van der Waals surface area (Å²) >= 11 is 0. The Hall–Kier alpha value is -2.43. The molecule has 2 aromatic rings. The van der Waals surface area contributed by atoms with Crippen molar-refractivity contribution in [1.82, 2.24) is 4.57 Å². The molecule has 1 aromatic carbocycles. The number of hydrogen-bond acceptors (Lipinski definition) is 3. The number of nitrogens with one attached hydrogen (secondary N) is 1. The van der Waals surface area contributed by atoms with E-state index < -0.39 is 0 Å². The zero-order valence-electron chi connectivity index (χ0n) is 13.5. The van der Waals surface area contributed by atoms with Gasteiger partial charge in [0.25, 0.3) is 0 Å². The minimum absolute atomic E-state index is 0.0364. The SMILES string of the molecule is CC(C)[C@H](C(=O)Nc1ccc2c(c1)OCCCO2)n1cccc1. The third-order valence-corrected chi connectivity index (χ3v) is 3.86. The average Bonchev–Trinajstić information content (AvgIpc) is 2.92. The molecule has 23 heavy (non-hydrogen) atoms. The first-order valence-corrected chi connectivity index (χ1v) is 7.98. The van der Waals surface area contributed by atoms with Gasteiger partial charge >= 0.3 is 0 Å². The molecule has 0 saturated heterocycles. The van der Waals surface area contributed by atoms with Crippen LogP contribution in [0.25, 0.3) is 0 Å². The predicted octanol–water partition coefficient (Wildman–Crippen LogP) is 3.49. The number of anilines is 1. The van der Waals surface area contributed by atoms with E-state index in [1.165, 1.54) is 0 Å². The Morgan fingerprint density at radius 2 is 1.83 bits per heavy atom. The third-order valence-electron chi connectivity index (χ3n) is 3.86. The Bertz CT molecular complexity index is 665. The second-order valence-corrected chi connectivity index (χ2v) is 6.02. The van der Waals surface area contributed by atoms with Gasteiger partial charge in [0.1, 0.15) is 6.04 Å². The Balaban J connectivity index is 1.78. The maximum absolute atomic E-state index is 12.7. The average molecular weight is 314 g/mol. The van der Waals surface area contributed by atoms with E-state index in [4.69, 9.17) is 9.47 Å². The molecule has 2 heterocycles. The number of hydrogen-bond donors (Lipinski definition) is 1. The number of rotatable bonds is 4. The number of ether oxygens (including phenoxy) is 2. The summed E-state index contributed by atoms with van der Waals surface area (Å²) in [5.41, 5.74) is 0.719. The van der Waals surface area contributed by atoms with Gasteiger partial charge in [0.05, 0.1) is 13.2 Å². The number of fused-ring (bicyclic) bond motifs is 1. The maximum atomic E-state index is 12.7. The van der Waals surface area contributed by atoms with E-state index in [1.807, 2.05) is 61.1 Å². The summed E-state index contributed by atoms with van der Waals surface area (Å²) in [4.78, 5) is 12.7. The number of nitrogens with zero attached hydrogens (tertiary/aromatic N) is 1. The summed E-state index contributed by atoms with van der Waals surface area (Å²) in [6, 6.07) is 9.12. The van der Waals surface area contributed by atoms with Crippen LogP contribution in [0.2, 0.25) is 0 Å². The maximum Gasteiger partial charge on any atom is 0.247 e. The quantitative estimate of drug-likeness (QED) is 0.940. The molecule has 1 aliphatic rings. The van der Waals surface area contributed by atoms with Crippen molar-refractivity contribution in [1.29, 1.82) is 0 Å². The normalized spacial score (nSPS) is 15.1. The molecule has 0 spiro atoms. The third kappa shape index (κ3) is 3.50. The van der Waals surface area contributed by atoms with Crippen molar-refractivity contribution < 1.29 is 14.3 Å². The minimum atomic E-state index is -0.249. The summed E-state index contributed by atoms with van der Waals surface area (Å²) in [7, 11) is 0. The van der Waals surface area contributed by atoms with Crippen molar-refractivity contribution in [3.8, 4) is 11.5 Å². The molecule has 0 radical (unpaired) electrons. The standard InChI is InChI=1S/C18H22N2O3/c1-13(2)17(20-8-3-4-9-20)18(21)19-14-6-7-15-16(12-14)23-11-5-10-22-15/h3-4,6-9,12-13,17H,5,10-11H2,1-2H3,(H,19,21)/t17-/m1/s1. The Kier molecular flexibility index (Phi) is 4.55.